The number of nitrogens with zero attached hydrogens (tertiary/aromatic N) is 3. The molecule has 7 nitrogen and oxygen atoms in total. The molecule has 5 atom stereocenters. The first-order valence-electron chi connectivity index (χ1n) is 15.9. The van der Waals surface area contributed by atoms with Gasteiger partial charge in [-0.2, -0.15) is 0 Å². The Bertz CT molecular complexity index is 1100. The molecule has 3 aliphatic heterocycles. The number of benzene rings is 1. The summed E-state index contributed by atoms with van der Waals surface area (Å²) in [7, 11) is 0. The molecule has 230 valence electrons. The Morgan fingerprint density at radius 3 is 2.43 bits per heavy atom. The zero-order chi connectivity index (χ0) is 30.1. The normalized spacial score (nSPS) is 25.9. The summed E-state index contributed by atoms with van der Waals surface area (Å²) in [6.07, 6.45) is 11.5. The minimum atomic E-state index is -0.582. The van der Waals surface area contributed by atoms with Gasteiger partial charge in [0.05, 0.1) is 16.6 Å². The van der Waals surface area contributed by atoms with Crippen molar-refractivity contribution in [2.75, 3.05) is 32.8 Å². The molecule has 2 bridgehead atoms. The Kier molecular flexibility index (Phi) is 11.7. The molecule has 2 unspecified atom stereocenters. The van der Waals surface area contributed by atoms with E-state index < -0.39 is 22.6 Å². The fourth-order valence-electron chi connectivity index (χ4n) is 7.28. The Morgan fingerprint density at radius 2 is 1.74 bits per heavy atom. The van der Waals surface area contributed by atoms with E-state index in [1.807, 2.05) is 45.0 Å². The fraction of sp³-hybridized carbons (Fsp3) is 0.618. The van der Waals surface area contributed by atoms with Crippen LogP contribution < -0.4 is 0 Å². The van der Waals surface area contributed by atoms with E-state index in [1.165, 1.54) is 0 Å². The minimum absolute atomic E-state index is 0.00179. The highest BCUT2D eigenvalue weighted by Gasteiger charge is 2.73. The molecule has 1 aromatic carbocycles. The maximum Gasteiger partial charge on any atom is 0.247 e. The van der Waals surface area contributed by atoms with Crippen LogP contribution in [0.4, 0.5) is 0 Å². The molecular weight excluding hydrogens is 546 g/mol. The van der Waals surface area contributed by atoms with Crippen molar-refractivity contribution in [1.29, 1.82) is 0 Å². The lowest BCUT2D eigenvalue weighted by molar-refractivity contribution is -0.145. The van der Waals surface area contributed by atoms with Crippen LogP contribution in [0, 0.1) is 11.8 Å². The second-order valence-electron chi connectivity index (χ2n) is 12.0. The predicted molar refractivity (Wildman–Crippen MR) is 170 cm³/mol. The van der Waals surface area contributed by atoms with Crippen molar-refractivity contribution in [2.24, 2.45) is 11.8 Å². The van der Waals surface area contributed by atoms with Gasteiger partial charge in [0, 0.05) is 44.6 Å². The van der Waals surface area contributed by atoms with Gasteiger partial charge in [-0.05, 0) is 37.7 Å². The van der Waals surface area contributed by atoms with E-state index in [1.54, 1.807) is 23.9 Å². The number of rotatable bonds is 18. The summed E-state index contributed by atoms with van der Waals surface area (Å²) in [6, 6.07) is 9.37. The molecule has 1 spiro atoms. The van der Waals surface area contributed by atoms with E-state index in [0.717, 1.165) is 63.4 Å². The van der Waals surface area contributed by atoms with Crippen molar-refractivity contribution in [3.05, 3.63) is 61.2 Å². The van der Waals surface area contributed by atoms with Crippen LogP contribution in [0.1, 0.15) is 70.3 Å². The van der Waals surface area contributed by atoms with Crippen LogP contribution in [-0.4, -0.2) is 86.4 Å². The van der Waals surface area contributed by atoms with Gasteiger partial charge in [0.2, 0.25) is 17.7 Å². The van der Waals surface area contributed by atoms with Gasteiger partial charge in [-0.15, -0.1) is 24.9 Å². The number of hydrogen-bond acceptors (Lipinski definition) is 5. The van der Waals surface area contributed by atoms with Crippen LogP contribution in [0.2, 0.25) is 0 Å². The molecule has 3 saturated heterocycles. The molecule has 0 aromatic heterocycles. The standard InChI is InChI=1S/C34H49N3O4S/c1-4-7-13-22-35(20-5-2)33(41)30-34-19-18-27(42-34)28(29(34)32(40)37(30)23-14-8-9-15-24-38)31(39)36(21-6-3)25-26-16-11-10-12-17-26/h5-6,10-12,16-17,27-30,38H,2-4,7-9,13-15,18-25H2,1H3/t27-,28+,29-,30?,34?/m0/s1. The van der Waals surface area contributed by atoms with E-state index in [4.69, 9.17) is 0 Å². The van der Waals surface area contributed by atoms with Gasteiger partial charge in [0.1, 0.15) is 6.04 Å². The number of aliphatic hydroxyl groups is 1. The summed E-state index contributed by atoms with van der Waals surface area (Å²) in [5.41, 5.74) is 1.04. The average Bonchev–Trinajstić information content (AvgIpc) is 3.64. The van der Waals surface area contributed by atoms with Gasteiger partial charge in [0.25, 0.3) is 0 Å². The molecule has 3 aliphatic rings. The second kappa shape index (κ2) is 15.2. The topological polar surface area (TPSA) is 81.2 Å². The minimum Gasteiger partial charge on any atom is -0.396 e. The molecule has 8 heteroatoms. The van der Waals surface area contributed by atoms with Crippen molar-refractivity contribution < 1.29 is 19.5 Å². The Hall–Kier alpha value is -2.58. The van der Waals surface area contributed by atoms with Crippen molar-refractivity contribution in [3.63, 3.8) is 0 Å². The average molecular weight is 596 g/mol. The first-order chi connectivity index (χ1) is 20.4. The predicted octanol–water partition coefficient (Wildman–Crippen LogP) is 5.05. The summed E-state index contributed by atoms with van der Waals surface area (Å²) >= 11 is 1.74. The molecular formula is C34H49N3O4S. The number of aliphatic hydroxyl groups excluding tert-OH is 1. The van der Waals surface area contributed by atoms with Crippen LogP contribution in [0.25, 0.3) is 0 Å². The van der Waals surface area contributed by atoms with Crippen molar-refractivity contribution in [1.82, 2.24) is 14.7 Å². The van der Waals surface area contributed by atoms with Crippen LogP contribution in [0.15, 0.2) is 55.6 Å². The molecule has 0 saturated carbocycles. The summed E-state index contributed by atoms with van der Waals surface area (Å²) in [6.45, 7) is 12.6. The molecule has 3 amide bonds. The number of thioether (sulfide) groups is 1. The molecule has 1 N–H and O–H groups in total. The molecule has 3 heterocycles. The summed E-state index contributed by atoms with van der Waals surface area (Å²) < 4.78 is -0.582. The number of carbonyl (C=O) groups excluding carboxylic acids is 3. The maximum atomic E-state index is 14.4. The number of unbranched alkanes of at least 4 members (excludes halogenated alkanes) is 5. The van der Waals surface area contributed by atoms with E-state index in [0.29, 0.717) is 32.7 Å². The molecule has 1 aromatic rings. The lowest BCUT2D eigenvalue weighted by atomic mass is 9.70. The SMILES string of the molecule is C=CCN(CCCCC)C(=O)C1N(CCCCCCO)C(=O)[C@@H]2[C@H](C(=O)N(CC=C)Cc3ccccc3)[C@@H]3CCC12S3. The zero-order valence-corrected chi connectivity index (χ0v) is 26.1. The summed E-state index contributed by atoms with van der Waals surface area (Å²) in [4.78, 5) is 48.7. The van der Waals surface area contributed by atoms with E-state index in [-0.39, 0.29) is 29.6 Å². The highest BCUT2D eigenvalue weighted by atomic mass is 32.2. The molecule has 0 aliphatic carbocycles. The van der Waals surface area contributed by atoms with Gasteiger partial charge in [0.15, 0.2) is 0 Å². The monoisotopic (exact) mass is 595 g/mol. The summed E-state index contributed by atoms with van der Waals surface area (Å²) in [5.74, 6) is -0.968. The highest BCUT2D eigenvalue weighted by molar-refractivity contribution is 8.02. The van der Waals surface area contributed by atoms with E-state index in [2.05, 4.69) is 20.1 Å². The first-order valence-corrected chi connectivity index (χ1v) is 16.7. The van der Waals surface area contributed by atoms with Crippen LogP contribution in [0.5, 0.6) is 0 Å². The maximum absolute atomic E-state index is 14.4. The lowest BCUT2D eigenvalue weighted by Crippen LogP contribution is -2.55. The third kappa shape index (κ3) is 6.65. The van der Waals surface area contributed by atoms with Gasteiger partial charge in [-0.1, -0.05) is 75.1 Å². The van der Waals surface area contributed by atoms with E-state index in [9.17, 15) is 19.5 Å². The smallest absolute Gasteiger partial charge is 0.247 e. The quantitative estimate of drug-likeness (QED) is 0.190. The highest BCUT2D eigenvalue weighted by Crippen LogP contribution is 2.66. The largest absolute Gasteiger partial charge is 0.396 e. The van der Waals surface area contributed by atoms with Gasteiger partial charge < -0.3 is 19.8 Å². The lowest BCUT2D eigenvalue weighted by Gasteiger charge is -2.37. The number of fused-ring (bicyclic) bond motifs is 1. The van der Waals surface area contributed by atoms with Gasteiger partial charge in [-0.25, -0.2) is 0 Å². The van der Waals surface area contributed by atoms with Gasteiger partial charge in [-0.3, -0.25) is 14.4 Å². The van der Waals surface area contributed by atoms with Gasteiger partial charge >= 0.3 is 0 Å². The third-order valence-corrected chi connectivity index (χ3v) is 11.1. The Balaban J connectivity index is 1.64. The molecule has 4 rings (SSSR count). The fourth-order valence-corrected chi connectivity index (χ4v) is 9.48. The van der Waals surface area contributed by atoms with Crippen molar-refractivity contribution in [2.45, 2.75) is 87.3 Å². The molecule has 0 radical (unpaired) electrons. The van der Waals surface area contributed by atoms with Crippen LogP contribution in [-0.2, 0) is 20.9 Å². The van der Waals surface area contributed by atoms with E-state index >= 15 is 0 Å². The molecule has 42 heavy (non-hydrogen) atoms. The second-order valence-corrected chi connectivity index (χ2v) is 13.6. The number of carbonyl (C=O) groups is 3. The molecule has 3 fully saturated rings. The number of likely N-dealkylation sites (tertiary alicyclic amines) is 1. The Labute approximate surface area is 256 Å². The number of amides is 3. The van der Waals surface area contributed by atoms with Crippen LogP contribution in [0.3, 0.4) is 0 Å². The van der Waals surface area contributed by atoms with Crippen molar-refractivity contribution in [3.8, 4) is 0 Å². The zero-order valence-electron chi connectivity index (χ0n) is 25.3. The third-order valence-electron chi connectivity index (χ3n) is 9.20. The number of hydrogen-bond donors (Lipinski definition) is 1. The first kappa shape index (κ1) is 32.3. The summed E-state index contributed by atoms with van der Waals surface area (Å²) in [5, 5.41) is 9.24. The van der Waals surface area contributed by atoms with Crippen molar-refractivity contribution >= 4 is 29.5 Å². The Morgan fingerprint density at radius 1 is 1.02 bits per heavy atom. The van der Waals surface area contributed by atoms with Crippen LogP contribution >= 0.6 is 11.8 Å².